The van der Waals surface area contributed by atoms with E-state index in [1.807, 2.05) is 19.1 Å². The maximum absolute atomic E-state index is 12.3. The first-order valence-corrected chi connectivity index (χ1v) is 13.0. The van der Waals surface area contributed by atoms with Gasteiger partial charge in [-0.05, 0) is 42.7 Å². The fourth-order valence-electron chi connectivity index (χ4n) is 3.53. The molecule has 1 aromatic heterocycles. The monoisotopic (exact) mass is 493 g/mol. The third kappa shape index (κ3) is 6.94. The van der Waals surface area contributed by atoms with Gasteiger partial charge < -0.3 is 16.2 Å². The Morgan fingerprint density at radius 1 is 1.14 bits per heavy atom. The number of hydrogen-bond acceptors (Lipinski definition) is 7. The molecule has 0 spiro atoms. The molecule has 1 aliphatic carbocycles. The number of benzene rings is 2. The van der Waals surface area contributed by atoms with E-state index in [0.29, 0.717) is 16.9 Å². The van der Waals surface area contributed by atoms with Crippen LogP contribution in [0.15, 0.2) is 59.5 Å². The van der Waals surface area contributed by atoms with Crippen LogP contribution in [-0.4, -0.2) is 31.6 Å². The Labute approximate surface area is 206 Å². The molecule has 8 nitrogen and oxygen atoms in total. The predicted molar refractivity (Wildman–Crippen MR) is 138 cm³/mol. The molecule has 1 heterocycles. The number of aromatic nitrogens is 1. The Kier molecular flexibility index (Phi) is 8.68. The van der Waals surface area contributed by atoms with Crippen molar-refractivity contribution in [1.29, 1.82) is 5.26 Å². The minimum Gasteiger partial charge on any atom is -0.507 e. The van der Waals surface area contributed by atoms with Gasteiger partial charge in [-0.25, -0.2) is 18.1 Å². The standard InChI is InChI=1S/C21H21N5O3S.C5H10/c1-14-6-5-9-19(27)20(14)18-12-17(16(13-22)21(23)26-18)24-10-11-25-30(28,29)15-7-3-2-4-8-15;1-2-5-3-4-5/h2-9,12,25,27H,10-11H2,1H3,(H3,23,24,26);5H,2-4H2,1H3. The molecular formula is C26H31N5O3S. The lowest BCUT2D eigenvalue weighted by molar-refractivity contribution is 0.477. The van der Waals surface area contributed by atoms with Crippen LogP contribution in [0.5, 0.6) is 5.75 Å². The van der Waals surface area contributed by atoms with Gasteiger partial charge in [-0.2, -0.15) is 5.26 Å². The number of nitriles is 1. The lowest BCUT2D eigenvalue weighted by Gasteiger charge is -2.14. The van der Waals surface area contributed by atoms with Gasteiger partial charge in [-0.1, -0.05) is 56.5 Å². The molecule has 5 N–H and O–H groups in total. The number of nitrogens with one attached hydrogen (secondary N) is 2. The van der Waals surface area contributed by atoms with E-state index < -0.39 is 10.0 Å². The molecule has 1 saturated carbocycles. The summed E-state index contributed by atoms with van der Waals surface area (Å²) < 4.78 is 27.1. The number of nitrogens with zero attached hydrogens (tertiary/aromatic N) is 2. The van der Waals surface area contributed by atoms with Gasteiger partial charge in [0.2, 0.25) is 10.0 Å². The lowest BCUT2D eigenvalue weighted by Crippen LogP contribution is -2.29. The van der Waals surface area contributed by atoms with E-state index in [1.54, 1.807) is 36.4 Å². The molecule has 0 aliphatic heterocycles. The average molecular weight is 494 g/mol. The number of aromatic hydroxyl groups is 1. The molecule has 0 unspecified atom stereocenters. The van der Waals surface area contributed by atoms with Gasteiger partial charge >= 0.3 is 0 Å². The summed E-state index contributed by atoms with van der Waals surface area (Å²) >= 11 is 0. The highest BCUT2D eigenvalue weighted by Crippen LogP contribution is 2.34. The minimum atomic E-state index is -3.63. The number of phenolic OH excluding ortho intramolecular Hbond substituents is 1. The van der Waals surface area contributed by atoms with Crippen molar-refractivity contribution in [3.8, 4) is 23.1 Å². The Balaban J connectivity index is 0.000000607. The first kappa shape index (κ1) is 26.0. The summed E-state index contributed by atoms with van der Waals surface area (Å²) in [6.07, 6.45) is 4.44. The first-order valence-electron chi connectivity index (χ1n) is 11.5. The molecule has 3 aromatic rings. The van der Waals surface area contributed by atoms with Gasteiger partial charge in [-0.15, -0.1) is 0 Å². The number of phenols is 1. The van der Waals surface area contributed by atoms with Gasteiger partial charge in [0, 0.05) is 18.7 Å². The summed E-state index contributed by atoms with van der Waals surface area (Å²) in [6, 6.07) is 16.8. The number of sulfonamides is 1. The fraction of sp³-hybridized carbons (Fsp3) is 0.308. The molecule has 0 saturated heterocycles. The predicted octanol–water partition coefficient (Wildman–Crippen LogP) is 4.41. The molecule has 1 fully saturated rings. The number of nitrogen functional groups attached to an aromatic ring is 1. The van der Waals surface area contributed by atoms with Crippen LogP contribution in [0, 0.1) is 24.2 Å². The highest BCUT2D eigenvalue weighted by Gasteiger charge is 2.17. The summed E-state index contributed by atoms with van der Waals surface area (Å²) in [5, 5.41) is 22.7. The average Bonchev–Trinajstić information content (AvgIpc) is 3.68. The second-order valence-corrected chi connectivity index (χ2v) is 10.2. The number of anilines is 2. The largest absolute Gasteiger partial charge is 0.507 e. The SMILES string of the molecule is CCC1CC1.Cc1cccc(O)c1-c1cc(NCCNS(=O)(=O)c2ccccc2)c(C#N)c(N)n1. The van der Waals surface area contributed by atoms with Crippen LogP contribution in [-0.2, 0) is 10.0 Å². The van der Waals surface area contributed by atoms with Crippen molar-refractivity contribution in [3.63, 3.8) is 0 Å². The number of aryl methyl sites for hydroxylation is 1. The Hall–Kier alpha value is -3.61. The molecule has 9 heteroatoms. The van der Waals surface area contributed by atoms with Gasteiger partial charge in [0.25, 0.3) is 0 Å². The van der Waals surface area contributed by atoms with Crippen molar-refractivity contribution in [1.82, 2.24) is 9.71 Å². The summed E-state index contributed by atoms with van der Waals surface area (Å²) in [6.45, 7) is 4.40. The summed E-state index contributed by atoms with van der Waals surface area (Å²) in [5.41, 5.74) is 8.23. The van der Waals surface area contributed by atoms with Crippen LogP contribution in [0.2, 0.25) is 0 Å². The maximum Gasteiger partial charge on any atom is 0.240 e. The molecule has 1 aliphatic rings. The van der Waals surface area contributed by atoms with Crippen LogP contribution in [0.4, 0.5) is 11.5 Å². The van der Waals surface area contributed by atoms with Crippen LogP contribution in [0.3, 0.4) is 0 Å². The van der Waals surface area contributed by atoms with Crippen molar-refractivity contribution in [3.05, 3.63) is 65.7 Å². The molecule has 0 bridgehead atoms. The van der Waals surface area contributed by atoms with Gasteiger partial charge in [0.1, 0.15) is 23.2 Å². The maximum atomic E-state index is 12.3. The Morgan fingerprint density at radius 3 is 2.43 bits per heavy atom. The van der Waals surface area contributed by atoms with Crippen LogP contribution >= 0.6 is 0 Å². The van der Waals surface area contributed by atoms with Crippen molar-refractivity contribution in [2.45, 2.75) is 38.0 Å². The zero-order valence-electron chi connectivity index (χ0n) is 20.0. The smallest absolute Gasteiger partial charge is 0.240 e. The molecule has 0 amide bonds. The summed E-state index contributed by atoms with van der Waals surface area (Å²) in [7, 11) is -3.63. The molecule has 2 aromatic carbocycles. The summed E-state index contributed by atoms with van der Waals surface area (Å²) in [5.74, 6) is 1.20. The van der Waals surface area contributed by atoms with Crippen molar-refractivity contribution >= 4 is 21.5 Å². The third-order valence-corrected chi connectivity index (χ3v) is 7.20. The number of nitrogens with two attached hydrogens (primary N) is 1. The van der Waals surface area contributed by atoms with Crippen molar-refractivity contribution in [2.75, 3.05) is 24.1 Å². The molecular weight excluding hydrogens is 462 g/mol. The van der Waals surface area contributed by atoms with E-state index in [2.05, 4.69) is 21.9 Å². The number of rotatable bonds is 8. The van der Waals surface area contributed by atoms with E-state index in [0.717, 1.165) is 11.5 Å². The van der Waals surface area contributed by atoms with E-state index in [-0.39, 0.29) is 35.1 Å². The highest BCUT2D eigenvalue weighted by molar-refractivity contribution is 7.89. The fourth-order valence-corrected chi connectivity index (χ4v) is 4.58. The summed E-state index contributed by atoms with van der Waals surface area (Å²) in [4.78, 5) is 4.42. The van der Waals surface area contributed by atoms with Crippen LogP contribution < -0.4 is 15.8 Å². The molecule has 4 rings (SSSR count). The Morgan fingerprint density at radius 2 is 1.86 bits per heavy atom. The first-order chi connectivity index (χ1) is 16.8. The van der Waals surface area contributed by atoms with E-state index in [1.165, 1.54) is 31.4 Å². The molecule has 0 radical (unpaired) electrons. The number of hydrogen-bond donors (Lipinski definition) is 4. The van der Waals surface area contributed by atoms with Crippen LogP contribution in [0.25, 0.3) is 11.3 Å². The zero-order valence-corrected chi connectivity index (χ0v) is 20.8. The highest BCUT2D eigenvalue weighted by atomic mass is 32.2. The normalized spacial score (nSPS) is 12.8. The quantitative estimate of drug-likeness (QED) is 0.341. The topological polar surface area (TPSA) is 141 Å². The van der Waals surface area contributed by atoms with E-state index in [4.69, 9.17) is 5.73 Å². The molecule has 0 atom stereocenters. The number of pyridine rings is 1. The van der Waals surface area contributed by atoms with Crippen molar-refractivity contribution < 1.29 is 13.5 Å². The zero-order chi connectivity index (χ0) is 25.4. The lowest BCUT2D eigenvalue weighted by atomic mass is 10.0. The third-order valence-electron chi connectivity index (χ3n) is 5.73. The molecule has 35 heavy (non-hydrogen) atoms. The minimum absolute atomic E-state index is 0.0185. The van der Waals surface area contributed by atoms with Gasteiger partial charge in [0.05, 0.1) is 16.3 Å². The van der Waals surface area contributed by atoms with Gasteiger partial charge in [0.15, 0.2) is 0 Å². The van der Waals surface area contributed by atoms with Crippen molar-refractivity contribution in [2.24, 2.45) is 5.92 Å². The van der Waals surface area contributed by atoms with E-state index >= 15 is 0 Å². The van der Waals surface area contributed by atoms with E-state index in [9.17, 15) is 18.8 Å². The molecule has 184 valence electrons. The second kappa shape index (κ2) is 11.7. The second-order valence-electron chi connectivity index (χ2n) is 8.39. The van der Waals surface area contributed by atoms with Crippen LogP contribution in [0.1, 0.15) is 37.3 Å². The van der Waals surface area contributed by atoms with Gasteiger partial charge in [-0.3, -0.25) is 0 Å². The Bertz CT molecular complexity index is 1280.